The predicted octanol–water partition coefficient (Wildman–Crippen LogP) is 4.38. The molecule has 1 aliphatic rings. The summed E-state index contributed by atoms with van der Waals surface area (Å²) >= 11 is 6.86. The van der Waals surface area contributed by atoms with Gasteiger partial charge in [-0.2, -0.15) is 0 Å². The van der Waals surface area contributed by atoms with Crippen LogP contribution in [0.5, 0.6) is 0 Å². The molecule has 0 saturated carbocycles. The normalized spacial score (nSPS) is 14.5. The molecular weight excluding hydrogens is 464 g/mol. The van der Waals surface area contributed by atoms with Crippen molar-refractivity contribution in [1.82, 2.24) is 19.9 Å². The number of carbonyl (C=O) groups is 1. The Morgan fingerprint density at radius 2 is 1.86 bits per heavy atom. The van der Waals surface area contributed by atoms with Crippen molar-refractivity contribution in [1.29, 1.82) is 0 Å². The first kappa shape index (κ1) is 23.2. The van der Waals surface area contributed by atoms with Crippen LogP contribution in [0, 0.1) is 0 Å². The van der Waals surface area contributed by atoms with Gasteiger partial charge >= 0.3 is 6.09 Å². The molecule has 180 valence electrons. The minimum absolute atomic E-state index is 0.271. The SMILES string of the molecule is C[n+]1cnc2cc(-c3cccc4cncnc34)c(Cl)cc2c1N1CCN(C(=O)OC(C)(C)C)CC1. The van der Waals surface area contributed by atoms with E-state index in [1.165, 1.54) is 0 Å². The molecule has 1 amide bonds. The van der Waals surface area contributed by atoms with Crippen LogP contribution >= 0.6 is 11.6 Å². The fourth-order valence-electron chi connectivity index (χ4n) is 4.50. The van der Waals surface area contributed by atoms with Crippen LogP contribution in [0.25, 0.3) is 32.9 Å². The van der Waals surface area contributed by atoms with Gasteiger partial charge in [0.25, 0.3) is 0 Å². The summed E-state index contributed by atoms with van der Waals surface area (Å²) in [5.41, 5.74) is 3.01. The molecule has 0 aliphatic carbocycles. The van der Waals surface area contributed by atoms with E-state index in [0.717, 1.165) is 38.8 Å². The third-order valence-corrected chi connectivity index (χ3v) is 6.40. The standard InChI is InChI=1S/C26H28ClN6O2/c1-26(2,3)35-25(34)33-10-8-32(9-11-33)24-20-12-21(27)19(13-22(20)30-16-31(24)4)18-7-5-6-17-14-28-15-29-23(17)18/h5-7,12-16H,8-11H2,1-4H3/q+1. The summed E-state index contributed by atoms with van der Waals surface area (Å²) in [5.74, 6) is 1.02. The molecule has 2 aromatic heterocycles. The lowest BCUT2D eigenvalue weighted by Crippen LogP contribution is -2.53. The molecule has 2 aromatic carbocycles. The number of rotatable bonds is 2. The van der Waals surface area contributed by atoms with E-state index in [0.29, 0.717) is 31.2 Å². The molecule has 1 fully saturated rings. The van der Waals surface area contributed by atoms with Gasteiger partial charge in [0.2, 0.25) is 12.1 Å². The number of ether oxygens (including phenoxy) is 1. The van der Waals surface area contributed by atoms with Crippen molar-refractivity contribution >= 4 is 45.3 Å². The van der Waals surface area contributed by atoms with Gasteiger partial charge in [0.05, 0.1) is 44.1 Å². The molecule has 8 nitrogen and oxygen atoms in total. The van der Waals surface area contributed by atoms with Crippen LogP contribution in [0.1, 0.15) is 20.8 Å². The highest BCUT2D eigenvalue weighted by Crippen LogP contribution is 2.36. The number of carbonyl (C=O) groups excluding carboxylic acids is 1. The smallest absolute Gasteiger partial charge is 0.410 e. The summed E-state index contributed by atoms with van der Waals surface area (Å²) < 4.78 is 7.55. The van der Waals surface area contributed by atoms with Gasteiger partial charge < -0.3 is 9.64 Å². The number of anilines is 1. The molecule has 4 aromatic rings. The first-order chi connectivity index (χ1) is 16.7. The number of amides is 1. The Hall–Kier alpha value is -3.52. The van der Waals surface area contributed by atoms with Crippen molar-refractivity contribution in [2.24, 2.45) is 7.05 Å². The van der Waals surface area contributed by atoms with E-state index in [1.54, 1.807) is 17.4 Å². The first-order valence-electron chi connectivity index (χ1n) is 11.6. The number of piperazine rings is 1. The summed E-state index contributed by atoms with van der Waals surface area (Å²) in [7, 11) is 1.98. The number of benzene rings is 2. The van der Waals surface area contributed by atoms with Crippen LogP contribution in [0.4, 0.5) is 10.6 Å². The number of fused-ring (bicyclic) bond motifs is 2. The highest BCUT2D eigenvalue weighted by atomic mass is 35.5. The average Bonchev–Trinajstić information content (AvgIpc) is 2.82. The third-order valence-electron chi connectivity index (χ3n) is 6.09. The second-order valence-corrected chi connectivity index (χ2v) is 10.2. The lowest BCUT2D eigenvalue weighted by molar-refractivity contribution is -0.660. The van der Waals surface area contributed by atoms with Gasteiger partial charge in [0, 0.05) is 27.7 Å². The van der Waals surface area contributed by atoms with E-state index >= 15 is 0 Å². The zero-order valence-electron chi connectivity index (χ0n) is 20.3. The second kappa shape index (κ2) is 8.92. The molecule has 0 spiro atoms. The molecule has 0 unspecified atom stereocenters. The molecule has 0 radical (unpaired) electrons. The summed E-state index contributed by atoms with van der Waals surface area (Å²) in [6.07, 6.45) is 4.90. The lowest BCUT2D eigenvalue weighted by atomic mass is 10.0. The Morgan fingerprint density at radius 1 is 1.09 bits per heavy atom. The molecule has 35 heavy (non-hydrogen) atoms. The Labute approximate surface area is 209 Å². The van der Waals surface area contributed by atoms with Crippen LogP contribution in [-0.2, 0) is 11.8 Å². The first-order valence-corrected chi connectivity index (χ1v) is 12.0. The quantitative estimate of drug-likeness (QED) is 0.387. The summed E-state index contributed by atoms with van der Waals surface area (Å²) in [6.45, 7) is 8.19. The Balaban J connectivity index is 1.49. The van der Waals surface area contributed by atoms with Crippen LogP contribution in [0.15, 0.2) is 49.2 Å². The van der Waals surface area contributed by atoms with Crippen molar-refractivity contribution in [2.45, 2.75) is 26.4 Å². The van der Waals surface area contributed by atoms with Gasteiger partial charge in [-0.3, -0.25) is 4.90 Å². The topological polar surface area (TPSA) is 75.3 Å². The Kier molecular flexibility index (Phi) is 5.92. The number of para-hydroxylation sites is 1. The van der Waals surface area contributed by atoms with E-state index in [4.69, 9.17) is 16.3 Å². The monoisotopic (exact) mass is 491 g/mol. The fourth-order valence-corrected chi connectivity index (χ4v) is 4.77. The number of nitrogens with zero attached hydrogens (tertiary/aromatic N) is 6. The number of aromatic nitrogens is 4. The second-order valence-electron chi connectivity index (χ2n) is 9.75. The van der Waals surface area contributed by atoms with Crippen molar-refractivity contribution in [3.63, 3.8) is 0 Å². The molecule has 9 heteroatoms. The maximum Gasteiger partial charge on any atom is 0.410 e. The number of hydrogen-bond acceptors (Lipinski definition) is 6. The molecular formula is C26H28ClN6O2+. The van der Waals surface area contributed by atoms with Crippen LogP contribution in [-0.4, -0.2) is 57.7 Å². The van der Waals surface area contributed by atoms with Gasteiger partial charge in [0.15, 0.2) is 5.52 Å². The minimum Gasteiger partial charge on any atom is -0.444 e. The number of aryl methyl sites for hydroxylation is 1. The van der Waals surface area contributed by atoms with E-state index in [-0.39, 0.29) is 6.09 Å². The molecule has 0 N–H and O–H groups in total. The largest absolute Gasteiger partial charge is 0.444 e. The zero-order chi connectivity index (χ0) is 24.7. The van der Waals surface area contributed by atoms with Gasteiger partial charge in [-0.1, -0.05) is 29.8 Å². The highest BCUT2D eigenvalue weighted by Gasteiger charge is 2.30. The summed E-state index contributed by atoms with van der Waals surface area (Å²) in [4.78, 5) is 29.8. The molecule has 3 heterocycles. The molecule has 0 atom stereocenters. The maximum atomic E-state index is 12.5. The molecule has 0 bridgehead atoms. The van der Waals surface area contributed by atoms with E-state index < -0.39 is 5.60 Å². The minimum atomic E-state index is -0.507. The van der Waals surface area contributed by atoms with Crippen molar-refractivity contribution in [2.75, 3.05) is 31.1 Å². The Bertz CT molecular complexity index is 1420. The molecule has 5 rings (SSSR count). The van der Waals surface area contributed by atoms with Gasteiger partial charge in [-0.25, -0.2) is 19.3 Å². The van der Waals surface area contributed by atoms with Gasteiger partial charge in [0.1, 0.15) is 11.9 Å². The van der Waals surface area contributed by atoms with Crippen LogP contribution < -0.4 is 9.47 Å². The molecule has 1 saturated heterocycles. The Morgan fingerprint density at radius 3 is 2.60 bits per heavy atom. The summed E-state index contributed by atoms with van der Waals surface area (Å²) in [6, 6.07) is 9.99. The van der Waals surface area contributed by atoms with Gasteiger partial charge in [-0.05, 0) is 32.9 Å². The van der Waals surface area contributed by atoms with Crippen LogP contribution in [0.2, 0.25) is 5.02 Å². The fraction of sp³-hybridized carbons (Fsp3) is 0.346. The third kappa shape index (κ3) is 4.58. The highest BCUT2D eigenvalue weighted by molar-refractivity contribution is 6.34. The van der Waals surface area contributed by atoms with E-state index in [9.17, 15) is 4.79 Å². The average molecular weight is 492 g/mol. The van der Waals surface area contributed by atoms with Gasteiger partial charge in [-0.15, -0.1) is 4.98 Å². The summed E-state index contributed by atoms with van der Waals surface area (Å²) in [5, 5.41) is 2.55. The maximum absolute atomic E-state index is 12.5. The van der Waals surface area contributed by atoms with E-state index in [1.807, 2.05) is 69.0 Å². The van der Waals surface area contributed by atoms with Crippen LogP contribution in [0.3, 0.4) is 0 Å². The number of hydrogen-bond donors (Lipinski definition) is 0. The van der Waals surface area contributed by atoms with Crippen molar-refractivity contribution in [3.8, 4) is 11.1 Å². The van der Waals surface area contributed by atoms with Crippen molar-refractivity contribution < 1.29 is 14.1 Å². The lowest BCUT2D eigenvalue weighted by Gasteiger charge is -2.34. The molecule has 1 aliphatic heterocycles. The van der Waals surface area contributed by atoms with E-state index in [2.05, 4.69) is 19.9 Å². The van der Waals surface area contributed by atoms with Crippen molar-refractivity contribution in [3.05, 3.63) is 54.2 Å². The predicted molar refractivity (Wildman–Crippen MR) is 136 cm³/mol. The zero-order valence-corrected chi connectivity index (χ0v) is 21.1. The number of halogens is 1.